The van der Waals surface area contributed by atoms with E-state index < -0.39 is 0 Å². The summed E-state index contributed by atoms with van der Waals surface area (Å²) in [4.78, 5) is 15.8. The number of amides is 1. The highest BCUT2D eigenvalue weighted by Crippen LogP contribution is 2.23. The summed E-state index contributed by atoms with van der Waals surface area (Å²) >= 11 is 1.37. The SMILES string of the molecule is CC(C)c1nnsc1CNC(=O)[C@@H]1Cc2ccccc2CN1C. The Morgan fingerprint density at radius 1 is 1.39 bits per heavy atom. The lowest BCUT2D eigenvalue weighted by atomic mass is 9.94. The van der Waals surface area contributed by atoms with Crippen molar-refractivity contribution in [3.8, 4) is 0 Å². The van der Waals surface area contributed by atoms with Gasteiger partial charge in [-0.25, -0.2) is 0 Å². The van der Waals surface area contributed by atoms with Gasteiger partial charge in [-0.3, -0.25) is 9.69 Å². The fourth-order valence-electron chi connectivity index (χ4n) is 3.01. The first kappa shape index (κ1) is 16.1. The lowest BCUT2D eigenvalue weighted by molar-refractivity contribution is -0.126. The maximum Gasteiger partial charge on any atom is 0.237 e. The van der Waals surface area contributed by atoms with Gasteiger partial charge in [-0.15, -0.1) is 5.10 Å². The summed E-state index contributed by atoms with van der Waals surface area (Å²) in [5, 5.41) is 7.22. The predicted molar refractivity (Wildman–Crippen MR) is 91.2 cm³/mol. The van der Waals surface area contributed by atoms with Gasteiger partial charge in [-0.2, -0.15) is 0 Å². The molecule has 0 unspecified atom stereocenters. The maximum absolute atomic E-state index is 12.6. The first-order valence-corrected chi connectivity index (χ1v) is 8.69. The Hall–Kier alpha value is -1.79. The molecule has 2 heterocycles. The average Bonchev–Trinajstić information content (AvgIpc) is 3.00. The Morgan fingerprint density at radius 3 is 2.87 bits per heavy atom. The van der Waals surface area contributed by atoms with Gasteiger partial charge >= 0.3 is 0 Å². The van der Waals surface area contributed by atoms with Gasteiger partial charge in [-0.1, -0.05) is 42.6 Å². The second-order valence-electron chi connectivity index (χ2n) is 6.36. The first-order valence-electron chi connectivity index (χ1n) is 7.92. The van der Waals surface area contributed by atoms with Crippen LogP contribution >= 0.6 is 11.5 Å². The van der Waals surface area contributed by atoms with Crippen LogP contribution in [0.15, 0.2) is 24.3 Å². The van der Waals surface area contributed by atoms with E-state index in [4.69, 9.17) is 0 Å². The van der Waals surface area contributed by atoms with E-state index in [2.05, 4.69) is 51.9 Å². The van der Waals surface area contributed by atoms with Gasteiger partial charge in [0.2, 0.25) is 5.91 Å². The fraction of sp³-hybridized carbons (Fsp3) is 0.471. The number of carbonyl (C=O) groups excluding carboxylic acids is 1. The molecule has 0 aliphatic carbocycles. The van der Waals surface area contributed by atoms with E-state index in [1.54, 1.807) is 0 Å². The van der Waals surface area contributed by atoms with Crippen LogP contribution in [-0.4, -0.2) is 33.5 Å². The van der Waals surface area contributed by atoms with Crippen molar-refractivity contribution in [2.24, 2.45) is 0 Å². The molecule has 0 saturated carbocycles. The predicted octanol–water partition coefficient (Wildman–Crippen LogP) is 2.33. The molecule has 23 heavy (non-hydrogen) atoms. The molecule has 122 valence electrons. The van der Waals surface area contributed by atoms with Crippen LogP contribution in [0.5, 0.6) is 0 Å². The summed E-state index contributed by atoms with van der Waals surface area (Å²) in [7, 11) is 2.01. The molecule has 1 aromatic heterocycles. The highest BCUT2D eigenvalue weighted by atomic mass is 32.1. The second kappa shape index (κ2) is 6.76. The number of aromatic nitrogens is 2. The number of fused-ring (bicyclic) bond motifs is 1. The normalized spacial score (nSPS) is 18.0. The summed E-state index contributed by atoms with van der Waals surface area (Å²) in [6.45, 7) is 5.51. The molecule has 2 aromatic rings. The van der Waals surface area contributed by atoms with Crippen LogP contribution in [-0.2, 0) is 24.3 Å². The lowest BCUT2D eigenvalue weighted by Crippen LogP contribution is -2.48. The second-order valence-corrected chi connectivity index (χ2v) is 7.20. The molecule has 0 radical (unpaired) electrons. The van der Waals surface area contributed by atoms with Gasteiger partial charge in [0, 0.05) is 6.54 Å². The van der Waals surface area contributed by atoms with Crippen molar-refractivity contribution in [2.75, 3.05) is 7.05 Å². The van der Waals surface area contributed by atoms with Crippen LogP contribution in [0.1, 0.15) is 41.5 Å². The van der Waals surface area contributed by atoms with Gasteiger partial charge in [0.15, 0.2) is 0 Å². The molecule has 1 aliphatic rings. The number of hydrogen-bond acceptors (Lipinski definition) is 5. The highest BCUT2D eigenvalue weighted by Gasteiger charge is 2.29. The Labute approximate surface area is 140 Å². The van der Waals surface area contributed by atoms with E-state index >= 15 is 0 Å². The summed E-state index contributed by atoms with van der Waals surface area (Å²) in [6.07, 6.45) is 0.760. The zero-order valence-electron chi connectivity index (χ0n) is 13.7. The molecule has 1 N–H and O–H groups in total. The van der Waals surface area contributed by atoms with Gasteiger partial charge < -0.3 is 5.32 Å². The third-order valence-electron chi connectivity index (χ3n) is 4.34. The van der Waals surface area contributed by atoms with Crippen LogP contribution in [0.25, 0.3) is 0 Å². The molecule has 0 spiro atoms. The number of benzene rings is 1. The van der Waals surface area contributed by atoms with E-state index in [0.717, 1.165) is 23.5 Å². The molecular weight excluding hydrogens is 308 g/mol. The van der Waals surface area contributed by atoms with E-state index in [1.165, 1.54) is 22.7 Å². The van der Waals surface area contributed by atoms with E-state index in [0.29, 0.717) is 12.5 Å². The van der Waals surface area contributed by atoms with E-state index in [-0.39, 0.29) is 11.9 Å². The molecule has 1 aromatic carbocycles. The van der Waals surface area contributed by atoms with Crippen LogP contribution in [0.4, 0.5) is 0 Å². The third kappa shape index (κ3) is 3.43. The lowest BCUT2D eigenvalue weighted by Gasteiger charge is -2.33. The average molecular weight is 330 g/mol. The molecule has 6 heteroatoms. The van der Waals surface area contributed by atoms with Crippen molar-refractivity contribution in [1.29, 1.82) is 0 Å². The molecule has 0 bridgehead atoms. The number of hydrogen-bond donors (Lipinski definition) is 1. The van der Waals surface area contributed by atoms with Crippen LogP contribution in [0.3, 0.4) is 0 Å². The number of likely N-dealkylation sites (N-methyl/N-ethyl adjacent to an activating group) is 1. The van der Waals surface area contributed by atoms with Gasteiger partial charge in [0.25, 0.3) is 0 Å². The summed E-state index contributed by atoms with van der Waals surface area (Å²) in [5.74, 6) is 0.398. The summed E-state index contributed by atoms with van der Waals surface area (Å²) < 4.78 is 4.01. The maximum atomic E-state index is 12.6. The van der Waals surface area contributed by atoms with Crippen molar-refractivity contribution in [3.63, 3.8) is 0 Å². The van der Waals surface area contributed by atoms with Crippen molar-refractivity contribution in [2.45, 2.75) is 45.3 Å². The first-order chi connectivity index (χ1) is 11.1. The molecule has 5 nitrogen and oxygen atoms in total. The van der Waals surface area contributed by atoms with Crippen molar-refractivity contribution in [1.82, 2.24) is 19.8 Å². The monoisotopic (exact) mass is 330 g/mol. The third-order valence-corrected chi connectivity index (χ3v) is 5.08. The molecule has 1 atom stereocenters. The summed E-state index contributed by atoms with van der Waals surface area (Å²) in [6, 6.07) is 8.23. The van der Waals surface area contributed by atoms with Crippen molar-refractivity contribution in [3.05, 3.63) is 46.0 Å². The molecule has 0 saturated heterocycles. The minimum absolute atomic E-state index is 0.0742. The standard InChI is InChI=1S/C17H22N4OS/c1-11(2)16-15(23-20-19-16)9-18-17(22)14-8-12-6-4-5-7-13(12)10-21(14)3/h4-7,11,14H,8-10H2,1-3H3,(H,18,22)/t14-/m0/s1. The van der Waals surface area contributed by atoms with Crippen LogP contribution in [0.2, 0.25) is 0 Å². The number of carbonyl (C=O) groups is 1. The quantitative estimate of drug-likeness (QED) is 0.935. The minimum Gasteiger partial charge on any atom is -0.350 e. The number of nitrogens with zero attached hydrogens (tertiary/aromatic N) is 3. The van der Waals surface area contributed by atoms with Crippen LogP contribution in [0, 0.1) is 0 Å². The van der Waals surface area contributed by atoms with E-state index in [9.17, 15) is 4.79 Å². The summed E-state index contributed by atoms with van der Waals surface area (Å²) in [5.41, 5.74) is 3.57. The zero-order chi connectivity index (χ0) is 16.4. The van der Waals surface area contributed by atoms with Crippen LogP contribution < -0.4 is 5.32 Å². The van der Waals surface area contributed by atoms with Crippen molar-refractivity contribution >= 4 is 17.4 Å². The highest BCUT2D eigenvalue weighted by molar-refractivity contribution is 7.05. The molecule has 1 aliphatic heterocycles. The molecule has 0 fully saturated rings. The number of rotatable bonds is 4. The largest absolute Gasteiger partial charge is 0.350 e. The smallest absolute Gasteiger partial charge is 0.237 e. The fourth-order valence-corrected chi connectivity index (χ4v) is 3.74. The molecular formula is C17H22N4OS. The number of nitrogens with one attached hydrogen (secondary N) is 1. The van der Waals surface area contributed by atoms with Gasteiger partial charge in [0.05, 0.1) is 23.2 Å². The Morgan fingerprint density at radius 2 is 2.13 bits per heavy atom. The Kier molecular flexibility index (Phi) is 4.73. The molecule has 1 amide bonds. The van der Waals surface area contributed by atoms with Gasteiger partial charge in [-0.05, 0) is 42.0 Å². The zero-order valence-corrected chi connectivity index (χ0v) is 14.6. The Balaban J connectivity index is 1.66. The van der Waals surface area contributed by atoms with Gasteiger partial charge in [0.1, 0.15) is 0 Å². The topological polar surface area (TPSA) is 58.1 Å². The van der Waals surface area contributed by atoms with Crippen molar-refractivity contribution < 1.29 is 4.79 Å². The Bertz CT molecular complexity index is 697. The minimum atomic E-state index is -0.117. The molecule has 3 rings (SSSR count). The van der Waals surface area contributed by atoms with E-state index in [1.807, 2.05) is 13.1 Å².